The molecular weight excluding hydrogens is 620 g/mol. The van der Waals surface area contributed by atoms with E-state index < -0.39 is 59.8 Å². The number of benzene rings is 3. The van der Waals surface area contributed by atoms with Gasteiger partial charge in [-0.1, -0.05) is 48.0 Å². The minimum atomic E-state index is -4.43. The zero-order valence-corrected chi connectivity index (χ0v) is 26.6. The third-order valence-corrected chi connectivity index (χ3v) is 10.8. The molecular formula is C31H30N4O8S2. The van der Waals surface area contributed by atoms with Crippen molar-refractivity contribution in [3.8, 4) is 6.07 Å². The molecule has 1 atom stereocenters. The first-order valence-electron chi connectivity index (χ1n) is 13.3. The average molecular weight is 651 g/mol. The van der Waals surface area contributed by atoms with Crippen molar-refractivity contribution in [3.05, 3.63) is 107 Å². The molecule has 0 spiro atoms. The Kier molecular flexibility index (Phi) is 9.19. The number of anilines is 1. The Balaban J connectivity index is 2.21. The molecule has 1 aliphatic rings. The average Bonchev–Trinajstić information content (AvgIpc) is 3.03. The molecule has 1 aliphatic heterocycles. The summed E-state index contributed by atoms with van der Waals surface area (Å²) in [5, 5.41) is 10.4. The predicted octanol–water partition coefficient (Wildman–Crippen LogP) is 2.98. The number of ether oxygens (including phenoxy) is 2. The molecule has 3 aromatic carbocycles. The summed E-state index contributed by atoms with van der Waals surface area (Å²) in [6.45, 7) is 1.77. The van der Waals surface area contributed by atoms with E-state index >= 15 is 0 Å². The number of hydrogen-bond acceptors (Lipinski definition) is 11. The molecule has 0 saturated carbocycles. The quantitative estimate of drug-likeness (QED) is 0.355. The van der Waals surface area contributed by atoms with E-state index in [9.17, 15) is 31.7 Å². The molecule has 3 aromatic rings. The lowest BCUT2D eigenvalue weighted by Crippen LogP contribution is -2.41. The molecule has 45 heavy (non-hydrogen) atoms. The number of methoxy groups -OCH3 is 2. The van der Waals surface area contributed by atoms with E-state index in [1.165, 1.54) is 26.2 Å². The second kappa shape index (κ2) is 12.6. The van der Waals surface area contributed by atoms with Crippen LogP contribution in [0.4, 0.5) is 5.69 Å². The monoisotopic (exact) mass is 650 g/mol. The van der Waals surface area contributed by atoms with E-state index in [0.29, 0.717) is 5.56 Å². The van der Waals surface area contributed by atoms with Gasteiger partial charge in [0.1, 0.15) is 11.5 Å². The summed E-state index contributed by atoms with van der Waals surface area (Å²) in [7, 11) is -3.92. The van der Waals surface area contributed by atoms with Crippen LogP contribution in [0.2, 0.25) is 0 Å². The van der Waals surface area contributed by atoms with Gasteiger partial charge >= 0.3 is 11.9 Å². The van der Waals surface area contributed by atoms with Crippen LogP contribution in [0.3, 0.4) is 0 Å². The van der Waals surface area contributed by atoms with Gasteiger partial charge in [0.05, 0.1) is 57.7 Å². The molecule has 0 saturated heterocycles. The molecule has 0 aliphatic carbocycles. The van der Waals surface area contributed by atoms with Crippen LogP contribution in [0.15, 0.2) is 110 Å². The molecule has 1 unspecified atom stereocenters. The zero-order chi connectivity index (χ0) is 33.3. The number of aryl methyl sites for hydroxylation is 1. The van der Waals surface area contributed by atoms with E-state index in [1.54, 1.807) is 49.4 Å². The van der Waals surface area contributed by atoms with Crippen LogP contribution in [-0.4, -0.2) is 61.4 Å². The third-order valence-electron chi connectivity index (χ3n) is 7.18. The summed E-state index contributed by atoms with van der Waals surface area (Å²) in [4.78, 5) is 27.0. The van der Waals surface area contributed by atoms with Crippen molar-refractivity contribution >= 4 is 37.5 Å². The van der Waals surface area contributed by atoms with Crippen molar-refractivity contribution in [1.29, 1.82) is 5.26 Å². The van der Waals surface area contributed by atoms with Crippen LogP contribution in [0.25, 0.3) is 0 Å². The minimum absolute atomic E-state index is 0.142. The molecule has 12 nitrogen and oxygen atoms in total. The van der Waals surface area contributed by atoms with Crippen LogP contribution in [-0.2, 0) is 38.9 Å². The van der Waals surface area contributed by atoms with Crippen molar-refractivity contribution in [2.24, 2.45) is 5.73 Å². The third kappa shape index (κ3) is 5.80. The summed E-state index contributed by atoms with van der Waals surface area (Å²) in [6.07, 6.45) is 0. The van der Waals surface area contributed by atoms with E-state index in [2.05, 4.69) is 0 Å². The summed E-state index contributed by atoms with van der Waals surface area (Å²) in [5.41, 5.74) is 6.21. The molecule has 1 heterocycles. The number of nitrogens with two attached hydrogens (primary N) is 1. The highest BCUT2D eigenvalue weighted by molar-refractivity contribution is 7.91. The van der Waals surface area contributed by atoms with Gasteiger partial charge in [0.25, 0.3) is 0 Å². The number of allylic oxidation sites excluding steroid dienone is 1. The summed E-state index contributed by atoms with van der Waals surface area (Å²) >= 11 is 0. The lowest BCUT2D eigenvalue weighted by Gasteiger charge is -2.36. The van der Waals surface area contributed by atoms with Gasteiger partial charge in [-0.25, -0.2) is 30.7 Å². The van der Waals surface area contributed by atoms with Crippen LogP contribution in [0, 0.1) is 18.3 Å². The summed E-state index contributed by atoms with van der Waals surface area (Å²) in [6, 6.07) is 19.3. The number of esters is 2. The first-order chi connectivity index (χ1) is 21.2. The predicted molar refractivity (Wildman–Crippen MR) is 163 cm³/mol. The number of carbonyl (C=O) groups excluding carboxylic acids is 2. The van der Waals surface area contributed by atoms with Crippen LogP contribution >= 0.6 is 0 Å². The van der Waals surface area contributed by atoms with Crippen molar-refractivity contribution < 1.29 is 35.9 Å². The summed E-state index contributed by atoms with van der Waals surface area (Å²) < 4.78 is 65.8. The maximum Gasteiger partial charge on any atom is 0.355 e. The van der Waals surface area contributed by atoms with Crippen molar-refractivity contribution in [1.82, 2.24) is 4.31 Å². The van der Waals surface area contributed by atoms with Gasteiger partial charge in [0.2, 0.25) is 19.9 Å². The fourth-order valence-electron chi connectivity index (χ4n) is 4.88. The van der Waals surface area contributed by atoms with Crippen LogP contribution in [0.1, 0.15) is 17.0 Å². The molecule has 0 fully saturated rings. The van der Waals surface area contributed by atoms with Gasteiger partial charge in [-0.3, -0.25) is 4.90 Å². The van der Waals surface area contributed by atoms with Gasteiger partial charge in [0, 0.05) is 14.1 Å². The van der Waals surface area contributed by atoms with Crippen molar-refractivity contribution in [3.63, 3.8) is 0 Å². The highest BCUT2D eigenvalue weighted by atomic mass is 32.2. The molecule has 0 amide bonds. The van der Waals surface area contributed by atoms with E-state index in [1.807, 2.05) is 6.07 Å². The zero-order valence-electron chi connectivity index (χ0n) is 25.0. The van der Waals surface area contributed by atoms with E-state index in [-0.39, 0.29) is 20.9 Å². The molecule has 0 radical (unpaired) electrons. The molecule has 234 valence electrons. The van der Waals surface area contributed by atoms with Gasteiger partial charge in [0.15, 0.2) is 0 Å². The molecule has 2 N–H and O–H groups in total. The normalized spacial score (nSPS) is 15.6. The maximum absolute atomic E-state index is 14.1. The first-order valence-corrected chi connectivity index (χ1v) is 16.2. The Hall–Kier alpha value is -4.97. The van der Waals surface area contributed by atoms with Gasteiger partial charge < -0.3 is 15.2 Å². The van der Waals surface area contributed by atoms with Crippen LogP contribution in [0.5, 0.6) is 0 Å². The lowest BCUT2D eigenvalue weighted by atomic mass is 9.81. The van der Waals surface area contributed by atoms with Gasteiger partial charge in [-0.15, -0.1) is 0 Å². The Labute approximate surface area is 261 Å². The Morgan fingerprint density at radius 1 is 0.889 bits per heavy atom. The standard InChI is InChI=1S/C31H30N4O8S2/c1-19-11-13-21(14-12-19)44(38,39)25-16-15-22(45(40,41)34(2)3)17-24(25)35-28(31(37)43-5)27(30(36)42-4)26(23(18-32)29(35)33)20-9-7-6-8-10-20/h6-17,26H,33H2,1-5H3. The Bertz CT molecular complexity index is 2000. The number of hydrogen-bond donors (Lipinski definition) is 1. The highest BCUT2D eigenvalue weighted by Crippen LogP contribution is 2.45. The molecule has 14 heteroatoms. The Morgan fingerprint density at radius 3 is 2.00 bits per heavy atom. The first kappa shape index (κ1) is 32.9. The second-order valence-corrected chi connectivity index (χ2v) is 14.1. The topological polar surface area (TPSA) is 177 Å². The highest BCUT2D eigenvalue weighted by Gasteiger charge is 2.44. The SMILES string of the molecule is COC(=O)C1=C(C(=O)OC)N(c2cc(S(=O)(=O)N(C)C)ccc2S(=O)(=O)c2ccc(C)cc2)C(N)=C(C#N)C1c1ccccc1. The minimum Gasteiger partial charge on any atom is -0.466 e. The van der Waals surface area contributed by atoms with Crippen molar-refractivity contribution in [2.75, 3.05) is 33.2 Å². The number of rotatable bonds is 8. The lowest BCUT2D eigenvalue weighted by molar-refractivity contribution is -0.139. The number of carbonyl (C=O) groups is 2. The number of nitrogens with zero attached hydrogens (tertiary/aromatic N) is 3. The summed E-state index contributed by atoms with van der Waals surface area (Å²) in [5.74, 6) is -3.82. The number of nitriles is 1. The maximum atomic E-state index is 14.1. The van der Waals surface area contributed by atoms with Gasteiger partial charge in [-0.2, -0.15) is 5.26 Å². The molecule has 4 rings (SSSR count). The fraction of sp³-hybridized carbons (Fsp3) is 0.194. The largest absolute Gasteiger partial charge is 0.466 e. The fourth-order valence-corrected chi connectivity index (χ4v) is 7.22. The second-order valence-electron chi connectivity index (χ2n) is 10.1. The smallest absolute Gasteiger partial charge is 0.355 e. The van der Waals surface area contributed by atoms with Crippen LogP contribution < -0.4 is 10.6 Å². The van der Waals surface area contributed by atoms with E-state index in [0.717, 1.165) is 47.2 Å². The van der Waals surface area contributed by atoms with E-state index in [4.69, 9.17) is 15.2 Å². The van der Waals surface area contributed by atoms with Crippen molar-refractivity contribution in [2.45, 2.75) is 27.5 Å². The Morgan fingerprint density at radius 2 is 1.47 bits per heavy atom. The van der Waals surface area contributed by atoms with Gasteiger partial charge in [-0.05, 0) is 42.8 Å². The number of sulfonamides is 1. The molecule has 0 aromatic heterocycles. The molecule has 0 bridgehead atoms. The number of sulfone groups is 1.